The van der Waals surface area contributed by atoms with Gasteiger partial charge in [-0.15, -0.1) is 0 Å². The minimum absolute atomic E-state index is 0. The van der Waals surface area contributed by atoms with E-state index >= 15 is 0 Å². The molecular formula is C13H29N3O2. The largest absolute Gasteiger partial charge is 0.370 e. The molecule has 5 nitrogen and oxygen atoms in total. The molecule has 0 heterocycles. The van der Waals surface area contributed by atoms with Crippen LogP contribution in [0.4, 0.5) is 0 Å². The van der Waals surface area contributed by atoms with Crippen LogP contribution in [0.5, 0.6) is 0 Å². The van der Waals surface area contributed by atoms with Crippen molar-refractivity contribution in [2.45, 2.75) is 71.3 Å². The third-order valence-electron chi connectivity index (χ3n) is 2.75. The number of hydrogen-bond acceptors (Lipinski definition) is 3. The van der Waals surface area contributed by atoms with Crippen molar-refractivity contribution in [3.05, 3.63) is 0 Å². The second-order valence-electron chi connectivity index (χ2n) is 4.54. The number of unbranched alkanes of at least 4 members (excludes halogenated alkanes) is 1. The molecule has 0 aromatic heterocycles. The van der Waals surface area contributed by atoms with E-state index in [1.807, 2.05) is 0 Å². The molecule has 18 heavy (non-hydrogen) atoms. The highest BCUT2D eigenvalue weighted by Gasteiger charge is 2.06. The summed E-state index contributed by atoms with van der Waals surface area (Å²) in [6.07, 6.45) is 8.65. The van der Waals surface area contributed by atoms with Gasteiger partial charge in [-0.3, -0.25) is 9.59 Å². The maximum Gasteiger partial charge on any atom is 0.217 e. The fourth-order valence-electron chi connectivity index (χ4n) is 1.73. The van der Waals surface area contributed by atoms with Crippen LogP contribution in [0.1, 0.15) is 65.2 Å². The summed E-state index contributed by atoms with van der Waals surface area (Å²) in [6.45, 7) is 0. The van der Waals surface area contributed by atoms with Crippen molar-refractivity contribution in [3.63, 3.8) is 0 Å². The Morgan fingerprint density at radius 2 is 1.28 bits per heavy atom. The van der Waals surface area contributed by atoms with Gasteiger partial charge in [0, 0.05) is 18.9 Å². The van der Waals surface area contributed by atoms with Crippen molar-refractivity contribution in [1.29, 1.82) is 0 Å². The summed E-state index contributed by atoms with van der Waals surface area (Å²) in [6, 6.07) is 0.536. The molecule has 5 heteroatoms. The molecule has 0 radical (unpaired) electrons. The van der Waals surface area contributed by atoms with Gasteiger partial charge in [-0.25, -0.2) is 0 Å². The normalized spacial score (nSPS) is 14.9. The summed E-state index contributed by atoms with van der Waals surface area (Å²) in [7, 11) is 0. The molecule has 0 aromatic rings. The lowest BCUT2D eigenvalue weighted by atomic mass is 9.97. The minimum atomic E-state index is -0.329. The number of rotatable bonds is 5. The van der Waals surface area contributed by atoms with Crippen molar-refractivity contribution in [2.75, 3.05) is 0 Å². The zero-order valence-electron chi connectivity index (χ0n) is 10.5. The van der Waals surface area contributed by atoms with Gasteiger partial charge in [0.15, 0.2) is 0 Å². The van der Waals surface area contributed by atoms with Crippen LogP contribution in [-0.2, 0) is 9.59 Å². The topological polar surface area (TPSA) is 112 Å². The molecule has 1 rings (SSSR count). The lowest BCUT2D eigenvalue weighted by Crippen LogP contribution is -2.22. The predicted octanol–water partition coefficient (Wildman–Crippen LogP) is 1.43. The molecule has 6 N–H and O–H groups in total. The van der Waals surface area contributed by atoms with E-state index in [-0.39, 0.29) is 19.2 Å². The molecule has 0 saturated heterocycles. The summed E-state index contributed by atoms with van der Waals surface area (Å²) in [5.74, 6) is -0.658. The van der Waals surface area contributed by atoms with Crippen molar-refractivity contribution in [3.8, 4) is 0 Å². The molecule has 0 unspecified atom stereocenters. The van der Waals surface area contributed by atoms with Crippen LogP contribution in [0, 0.1) is 0 Å². The van der Waals surface area contributed by atoms with Gasteiger partial charge in [0.05, 0.1) is 0 Å². The zero-order valence-corrected chi connectivity index (χ0v) is 10.5. The van der Waals surface area contributed by atoms with Crippen LogP contribution < -0.4 is 17.2 Å². The number of carbonyl (C=O) groups excluding carboxylic acids is 2. The average molecular weight is 259 g/mol. The number of amides is 2. The third-order valence-corrected chi connectivity index (χ3v) is 2.75. The van der Waals surface area contributed by atoms with E-state index in [0.29, 0.717) is 31.7 Å². The monoisotopic (exact) mass is 259 g/mol. The molecule has 0 bridgehead atoms. The van der Waals surface area contributed by atoms with Crippen molar-refractivity contribution >= 4 is 11.8 Å². The lowest BCUT2D eigenvalue weighted by molar-refractivity contribution is -0.119. The van der Waals surface area contributed by atoms with E-state index in [1.165, 1.54) is 32.1 Å². The van der Waals surface area contributed by atoms with Gasteiger partial charge in [-0.2, -0.15) is 0 Å². The van der Waals surface area contributed by atoms with E-state index in [2.05, 4.69) is 0 Å². The lowest BCUT2D eigenvalue weighted by Gasteiger charge is -2.15. The molecule has 0 atom stereocenters. The second kappa shape index (κ2) is 12.4. The Morgan fingerprint density at radius 1 is 0.889 bits per heavy atom. The van der Waals surface area contributed by atoms with E-state index in [9.17, 15) is 9.59 Å². The summed E-state index contributed by atoms with van der Waals surface area (Å²) in [5, 5.41) is 0. The first-order chi connectivity index (χ1) is 8.02. The molecule has 1 fully saturated rings. The molecule has 0 aromatic carbocycles. The molecule has 108 valence electrons. The highest BCUT2D eigenvalue weighted by Crippen LogP contribution is 2.14. The summed E-state index contributed by atoms with van der Waals surface area (Å²) in [4.78, 5) is 20.3. The van der Waals surface area contributed by atoms with Crippen LogP contribution >= 0.6 is 0 Å². The fourth-order valence-corrected chi connectivity index (χ4v) is 1.73. The van der Waals surface area contributed by atoms with Gasteiger partial charge in [0.1, 0.15) is 0 Å². The first-order valence-corrected chi connectivity index (χ1v) is 6.34. The quantitative estimate of drug-likeness (QED) is 0.649. The van der Waals surface area contributed by atoms with Crippen LogP contribution in [0.25, 0.3) is 0 Å². The Hall–Kier alpha value is -1.10. The molecule has 1 saturated carbocycles. The molecular weight excluding hydrogens is 230 g/mol. The molecule has 1 aliphatic rings. The second-order valence-corrected chi connectivity index (χ2v) is 4.54. The number of carbonyl (C=O) groups is 2. The fraction of sp³-hybridized carbons (Fsp3) is 0.846. The third kappa shape index (κ3) is 14.9. The molecule has 0 spiro atoms. The standard InChI is InChI=1S/C6H12N2O2.C6H13N.CH4/c7-5(9)3-1-2-4-6(8)10;7-6-4-2-1-3-5-6;/h1-4H2,(H2,7,9)(H2,8,10);6H,1-5,7H2;1H4. The highest BCUT2D eigenvalue weighted by atomic mass is 16.1. The van der Waals surface area contributed by atoms with Crippen LogP contribution in [0.2, 0.25) is 0 Å². The molecule has 1 aliphatic carbocycles. The predicted molar refractivity (Wildman–Crippen MR) is 74.6 cm³/mol. The van der Waals surface area contributed by atoms with Gasteiger partial charge in [-0.1, -0.05) is 26.7 Å². The minimum Gasteiger partial charge on any atom is -0.370 e. The van der Waals surface area contributed by atoms with Crippen molar-refractivity contribution in [1.82, 2.24) is 0 Å². The van der Waals surface area contributed by atoms with Crippen LogP contribution in [0.3, 0.4) is 0 Å². The first kappa shape index (κ1) is 19.2. The zero-order chi connectivity index (χ0) is 13.1. The number of hydrogen-bond donors (Lipinski definition) is 3. The molecule has 0 aliphatic heterocycles. The van der Waals surface area contributed by atoms with Crippen molar-refractivity contribution in [2.24, 2.45) is 17.2 Å². The van der Waals surface area contributed by atoms with Gasteiger partial charge >= 0.3 is 0 Å². The Balaban J connectivity index is 0. The summed E-state index contributed by atoms with van der Waals surface area (Å²) >= 11 is 0. The first-order valence-electron chi connectivity index (χ1n) is 6.34. The Morgan fingerprint density at radius 3 is 1.50 bits per heavy atom. The molecule has 2 amide bonds. The number of nitrogens with two attached hydrogens (primary N) is 3. The van der Waals surface area contributed by atoms with E-state index in [1.54, 1.807) is 0 Å². The maximum absolute atomic E-state index is 10.2. The van der Waals surface area contributed by atoms with Gasteiger partial charge in [0.2, 0.25) is 11.8 Å². The Bertz CT molecular complexity index is 210. The summed E-state index contributed by atoms with van der Waals surface area (Å²) < 4.78 is 0. The van der Waals surface area contributed by atoms with Gasteiger partial charge < -0.3 is 17.2 Å². The Labute approximate surface area is 110 Å². The van der Waals surface area contributed by atoms with Gasteiger partial charge in [-0.05, 0) is 25.7 Å². The summed E-state index contributed by atoms with van der Waals surface area (Å²) in [5.41, 5.74) is 15.3. The van der Waals surface area contributed by atoms with E-state index in [0.717, 1.165) is 0 Å². The maximum atomic E-state index is 10.2. The van der Waals surface area contributed by atoms with Crippen LogP contribution in [0.15, 0.2) is 0 Å². The Kier molecular flexibility index (Phi) is 13.2. The van der Waals surface area contributed by atoms with E-state index in [4.69, 9.17) is 17.2 Å². The average Bonchev–Trinajstić information content (AvgIpc) is 2.26. The SMILES string of the molecule is C.NC(=O)CCCCC(N)=O.NC1CCCCC1. The number of primary amides is 2. The smallest absolute Gasteiger partial charge is 0.217 e. The van der Waals surface area contributed by atoms with Crippen molar-refractivity contribution < 1.29 is 9.59 Å². The van der Waals surface area contributed by atoms with Crippen LogP contribution in [-0.4, -0.2) is 17.9 Å². The van der Waals surface area contributed by atoms with E-state index < -0.39 is 0 Å². The van der Waals surface area contributed by atoms with Gasteiger partial charge in [0.25, 0.3) is 0 Å². The highest BCUT2D eigenvalue weighted by molar-refractivity contribution is 5.74.